The number of anilines is 2. The number of fused-ring (bicyclic) bond motifs is 1. The predicted molar refractivity (Wildman–Crippen MR) is 158 cm³/mol. The quantitative estimate of drug-likeness (QED) is 0.381. The summed E-state index contributed by atoms with van der Waals surface area (Å²) in [6.07, 6.45) is 3.43. The summed E-state index contributed by atoms with van der Waals surface area (Å²) in [7, 11) is 0. The van der Waals surface area contributed by atoms with E-state index in [2.05, 4.69) is 10.2 Å². The van der Waals surface area contributed by atoms with Gasteiger partial charge in [0.15, 0.2) is 0 Å². The van der Waals surface area contributed by atoms with Crippen molar-refractivity contribution in [2.45, 2.75) is 32.4 Å². The third-order valence-corrected chi connectivity index (χ3v) is 9.08. The van der Waals surface area contributed by atoms with Crippen LogP contribution < -0.4 is 10.2 Å². The number of carbonyl (C=O) groups excluding carboxylic acids is 3. The molecule has 10 heteroatoms. The zero-order chi connectivity index (χ0) is 27.6. The topological polar surface area (TPSA) is 76.2 Å². The van der Waals surface area contributed by atoms with Crippen molar-refractivity contribution in [2.75, 3.05) is 49.5 Å². The molecule has 6 rings (SSSR count). The number of nitrogens with zero attached hydrogens (tertiary/aromatic N) is 4. The molecule has 0 aliphatic carbocycles. The molecule has 208 valence electrons. The van der Waals surface area contributed by atoms with Crippen LogP contribution >= 0.6 is 22.9 Å². The van der Waals surface area contributed by atoms with Crippen molar-refractivity contribution >= 4 is 52.2 Å². The maximum absolute atomic E-state index is 13.5. The number of likely N-dealkylation sites (tertiary alicyclic amines) is 1. The van der Waals surface area contributed by atoms with Crippen LogP contribution in [0.5, 0.6) is 0 Å². The first-order chi connectivity index (χ1) is 19.5. The van der Waals surface area contributed by atoms with E-state index in [-0.39, 0.29) is 17.8 Å². The molecule has 0 spiro atoms. The van der Waals surface area contributed by atoms with E-state index in [1.807, 2.05) is 46.2 Å². The third kappa shape index (κ3) is 5.59. The summed E-state index contributed by atoms with van der Waals surface area (Å²) in [6, 6.07) is 16.9. The summed E-state index contributed by atoms with van der Waals surface area (Å²) in [6.45, 7) is 6.30. The van der Waals surface area contributed by atoms with Gasteiger partial charge in [0.1, 0.15) is 0 Å². The normalized spacial score (nSPS) is 17.6. The summed E-state index contributed by atoms with van der Waals surface area (Å²) < 4.78 is 0.536. The Hall–Kier alpha value is -3.40. The molecule has 1 N–H and O–H groups in total. The summed E-state index contributed by atoms with van der Waals surface area (Å²) in [5.74, 6) is -0.410. The van der Waals surface area contributed by atoms with Gasteiger partial charge < -0.3 is 20.0 Å². The average Bonchev–Trinajstić information content (AvgIpc) is 3.70. The first-order valence-corrected chi connectivity index (χ1v) is 15.0. The number of urea groups is 1. The number of thiophene rings is 1. The Kier molecular flexibility index (Phi) is 7.78. The molecule has 8 nitrogen and oxygen atoms in total. The fourth-order valence-electron chi connectivity index (χ4n) is 5.81. The molecule has 4 amide bonds. The molecule has 40 heavy (non-hydrogen) atoms. The van der Waals surface area contributed by atoms with E-state index in [1.54, 1.807) is 23.1 Å². The lowest BCUT2D eigenvalue weighted by Gasteiger charge is -2.36. The van der Waals surface area contributed by atoms with Crippen LogP contribution in [0, 0.1) is 0 Å². The minimum atomic E-state index is -0.287. The molecule has 0 unspecified atom stereocenters. The van der Waals surface area contributed by atoms with E-state index in [1.165, 1.54) is 24.2 Å². The summed E-state index contributed by atoms with van der Waals surface area (Å²) in [5, 5.41) is 2.89. The maximum atomic E-state index is 13.5. The summed E-state index contributed by atoms with van der Waals surface area (Å²) in [5.41, 5.74) is 3.72. The maximum Gasteiger partial charge on any atom is 0.324 e. The van der Waals surface area contributed by atoms with Crippen LogP contribution in [-0.4, -0.2) is 71.8 Å². The lowest BCUT2D eigenvalue weighted by atomic mass is 10.1. The Balaban J connectivity index is 1.13. The number of hydrogen-bond acceptors (Lipinski definition) is 5. The summed E-state index contributed by atoms with van der Waals surface area (Å²) in [4.78, 5) is 48.1. The van der Waals surface area contributed by atoms with Gasteiger partial charge in [-0.3, -0.25) is 14.5 Å². The van der Waals surface area contributed by atoms with E-state index < -0.39 is 0 Å². The fraction of sp³-hybridized carbons (Fsp3) is 0.367. The fourth-order valence-corrected chi connectivity index (χ4v) is 6.75. The van der Waals surface area contributed by atoms with Gasteiger partial charge in [0.2, 0.25) is 0 Å². The highest BCUT2D eigenvalue weighted by molar-refractivity contribution is 7.18. The van der Waals surface area contributed by atoms with Crippen LogP contribution in [0.2, 0.25) is 4.34 Å². The molecule has 0 radical (unpaired) electrons. The molecule has 2 aromatic carbocycles. The van der Waals surface area contributed by atoms with E-state index >= 15 is 0 Å². The van der Waals surface area contributed by atoms with Crippen LogP contribution in [0.1, 0.15) is 50.4 Å². The van der Waals surface area contributed by atoms with Crippen molar-refractivity contribution < 1.29 is 14.4 Å². The lowest BCUT2D eigenvalue weighted by molar-refractivity contribution is 0.0767. The Morgan fingerprint density at radius 3 is 2.52 bits per heavy atom. The molecule has 0 saturated carbocycles. The monoisotopic (exact) mass is 577 g/mol. The highest BCUT2D eigenvalue weighted by Gasteiger charge is 2.31. The molecule has 0 atom stereocenters. The van der Waals surface area contributed by atoms with E-state index in [9.17, 15) is 14.4 Å². The second kappa shape index (κ2) is 11.6. The number of rotatable bonds is 8. The molecular weight excluding hydrogens is 546 g/mol. The molecular formula is C30H32ClN5O3S. The van der Waals surface area contributed by atoms with Crippen molar-refractivity contribution in [3.63, 3.8) is 0 Å². The van der Waals surface area contributed by atoms with Gasteiger partial charge in [-0.1, -0.05) is 35.9 Å². The Morgan fingerprint density at radius 1 is 0.900 bits per heavy atom. The van der Waals surface area contributed by atoms with Crippen molar-refractivity contribution in [2.24, 2.45) is 0 Å². The average molecular weight is 578 g/mol. The van der Waals surface area contributed by atoms with E-state index in [0.717, 1.165) is 56.0 Å². The number of amides is 4. The van der Waals surface area contributed by atoms with Crippen LogP contribution in [0.3, 0.4) is 0 Å². The number of benzene rings is 2. The number of nitrogens with one attached hydrogen (secondary N) is 1. The third-order valence-electron chi connectivity index (χ3n) is 7.85. The Labute approximate surface area is 243 Å². The van der Waals surface area contributed by atoms with Gasteiger partial charge in [0.05, 0.1) is 20.5 Å². The minimum Gasteiger partial charge on any atom is -0.330 e. The minimum absolute atomic E-state index is 0.0552. The van der Waals surface area contributed by atoms with Crippen molar-refractivity contribution in [1.82, 2.24) is 14.7 Å². The second-order valence-electron chi connectivity index (χ2n) is 10.6. The number of hydrogen-bond donors (Lipinski definition) is 1. The zero-order valence-electron chi connectivity index (χ0n) is 22.3. The van der Waals surface area contributed by atoms with Gasteiger partial charge in [-0.05, 0) is 73.8 Å². The van der Waals surface area contributed by atoms with Gasteiger partial charge in [0.25, 0.3) is 11.8 Å². The summed E-state index contributed by atoms with van der Waals surface area (Å²) >= 11 is 7.18. The van der Waals surface area contributed by atoms with Gasteiger partial charge in [-0.15, -0.1) is 11.3 Å². The van der Waals surface area contributed by atoms with Crippen LogP contribution in [0.25, 0.3) is 0 Å². The number of halogens is 1. The highest BCUT2D eigenvalue weighted by atomic mass is 35.5. The highest BCUT2D eigenvalue weighted by Crippen LogP contribution is 2.32. The van der Waals surface area contributed by atoms with Crippen LogP contribution in [-0.2, 0) is 13.1 Å². The lowest BCUT2D eigenvalue weighted by Crippen LogP contribution is -2.51. The van der Waals surface area contributed by atoms with Crippen molar-refractivity contribution in [3.05, 3.63) is 80.5 Å². The standard InChI is InChI=1S/C30H32ClN5O3S/c31-26-11-10-25(40-26)28(37)32-24-9-4-7-22-20-35(29(38)27(22)24)19-21-6-3-8-23(18-21)36-15-5-14-34(30(36)39)17-16-33-12-1-2-13-33/h3-4,6-11,18H,1-2,5,12-17,19-20H2,(H,32,37). The van der Waals surface area contributed by atoms with Crippen molar-refractivity contribution in [1.29, 1.82) is 0 Å². The molecule has 0 bridgehead atoms. The molecule has 2 saturated heterocycles. The van der Waals surface area contributed by atoms with Crippen LogP contribution in [0.15, 0.2) is 54.6 Å². The first kappa shape index (κ1) is 26.8. The molecule has 1 aromatic heterocycles. The van der Waals surface area contributed by atoms with Gasteiger partial charge in [-0.25, -0.2) is 4.79 Å². The first-order valence-electron chi connectivity index (χ1n) is 13.8. The van der Waals surface area contributed by atoms with E-state index in [4.69, 9.17) is 11.6 Å². The molecule has 3 aromatic rings. The van der Waals surface area contributed by atoms with Gasteiger partial charge in [0, 0.05) is 45.0 Å². The molecule has 3 aliphatic rings. The number of carbonyl (C=O) groups is 3. The van der Waals surface area contributed by atoms with Crippen LogP contribution in [0.4, 0.5) is 16.2 Å². The molecule has 4 heterocycles. The van der Waals surface area contributed by atoms with Crippen molar-refractivity contribution in [3.8, 4) is 0 Å². The van der Waals surface area contributed by atoms with Gasteiger partial charge >= 0.3 is 6.03 Å². The zero-order valence-corrected chi connectivity index (χ0v) is 23.8. The Morgan fingerprint density at radius 2 is 1.73 bits per heavy atom. The Bertz CT molecular complexity index is 1440. The second-order valence-corrected chi connectivity index (χ2v) is 12.3. The molecule has 2 fully saturated rings. The largest absolute Gasteiger partial charge is 0.330 e. The molecule has 3 aliphatic heterocycles. The van der Waals surface area contributed by atoms with Gasteiger partial charge in [-0.2, -0.15) is 0 Å². The SMILES string of the molecule is O=C(Nc1cccc2c1C(=O)N(Cc1cccc(N3CCCN(CCN4CCCC4)C3=O)c1)C2)c1ccc(Cl)s1. The van der Waals surface area contributed by atoms with E-state index in [0.29, 0.717) is 40.1 Å². The smallest absolute Gasteiger partial charge is 0.324 e. The predicted octanol–water partition coefficient (Wildman–Crippen LogP) is 5.54.